The third-order valence-electron chi connectivity index (χ3n) is 4.86. The van der Waals surface area contributed by atoms with Crippen molar-refractivity contribution >= 4 is 11.0 Å². The van der Waals surface area contributed by atoms with E-state index in [0.29, 0.717) is 0 Å². The molecule has 3 aromatic rings. The van der Waals surface area contributed by atoms with Crippen LogP contribution in [0.5, 0.6) is 0 Å². The Morgan fingerprint density at radius 1 is 1.04 bits per heavy atom. The van der Waals surface area contributed by atoms with Crippen LogP contribution in [0.3, 0.4) is 0 Å². The van der Waals surface area contributed by atoms with E-state index in [2.05, 4.69) is 65.3 Å². The number of imidazole rings is 1. The van der Waals surface area contributed by atoms with E-state index in [-0.39, 0.29) is 0 Å². The summed E-state index contributed by atoms with van der Waals surface area (Å²) < 4.78 is 2.43. The first-order valence-electron chi connectivity index (χ1n) is 8.54. The highest BCUT2D eigenvalue weighted by molar-refractivity contribution is 5.80. The maximum absolute atomic E-state index is 4.93. The van der Waals surface area contributed by atoms with Crippen LogP contribution in [-0.2, 0) is 6.54 Å². The smallest absolute Gasteiger partial charge is 0.141 e. The van der Waals surface area contributed by atoms with E-state index < -0.39 is 0 Å². The molecule has 2 heterocycles. The first kappa shape index (κ1) is 14.5. The van der Waals surface area contributed by atoms with Gasteiger partial charge >= 0.3 is 0 Å². The Labute approximate surface area is 137 Å². The van der Waals surface area contributed by atoms with E-state index in [0.717, 1.165) is 36.9 Å². The van der Waals surface area contributed by atoms with Gasteiger partial charge in [0.1, 0.15) is 5.82 Å². The summed E-state index contributed by atoms with van der Waals surface area (Å²) in [6.45, 7) is 5.46. The molecule has 0 aliphatic carbocycles. The molecule has 0 saturated carbocycles. The molecule has 1 aliphatic heterocycles. The molecule has 23 heavy (non-hydrogen) atoms. The number of benzene rings is 2. The summed E-state index contributed by atoms with van der Waals surface area (Å²) in [7, 11) is 0. The molecule has 0 spiro atoms. The van der Waals surface area contributed by atoms with E-state index in [4.69, 9.17) is 4.98 Å². The molecule has 0 radical (unpaired) electrons. The number of hydrogen-bond acceptors (Lipinski definition) is 2. The molecule has 0 bridgehead atoms. The van der Waals surface area contributed by atoms with Crippen LogP contribution in [0.2, 0.25) is 0 Å². The number of nitrogens with zero attached hydrogens (tertiary/aromatic N) is 2. The molecule has 3 heteroatoms. The number of hydrogen-bond donors (Lipinski definition) is 1. The number of fused-ring (bicyclic) bond motifs is 1. The molecule has 1 fully saturated rings. The molecule has 2 aromatic carbocycles. The Morgan fingerprint density at radius 2 is 1.78 bits per heavy atom. The van der Waals surface area contributed by atoms with Crippen molar-refractivity contribution < 1.29 is 0 Å². The van der Waals surface area contributed by atoms with Crippen molar-refractivity contribution in [2.24, 2.45) is 5.92 Å². The molecule has 0 unspecified atom stereocenters. The summed E-state index contributed by atoms with van der Waals surface area (Å²) in [4.78, 5) is 4.93. The summed E-state index contributed by atoms with van der Waals surface area (Å²) >= 11 is 0. The third-order valence-corrected chi connectivity index (χ3v) is 4.86. The van der Waals surface area contributed by atoms with Crippen LogP contribution in [0.25, 0.3) is 22.4 Å². The highest BCUT2D eigenvalue weighted by Gasteiger charge is 2.18. The lowest BCUT2D eigenvalue weighted by molar-refractivity contribution is 0.337. The van der Waals surface area contributed by atoms with Gasteiger partial charge in [-0.25, -0.2) is 4.98 Å². The quantitative estimate of drug-likeness (QED) is 0.792. The van der Waals surface area contributed by atoms with Crippen LogP contribution in [-0.4, -0.2) is 22.6 Å². The molecule has 1 saturated heterocycles. The fourth-order valence-corrected chi connectivity index (χ4v) is 3.51. The van der Waals surface area contributed by atoms with Crippen LogP contribution in [0, 0.1) is 12.8 Å². The second-order valence-electron chi connectivity index (χ2n) is 6.59. The predicted octanol–water partition coefficient (Wildman–Crippen LogP) is 4.01. The number of piperidine rings is 1. The van der Waals surface area contributed by atoms with Crippen molar-refractivity contribution in [3.05, 3.63) is 54.1 Å². The SMILES string of the molecule is Cc1ccc(-c2nc3ccccc3n2CC2CCNCC2)cc1. The van der Waals surface area contributed by atoms with Gasteiger partial charge in [-0.1, -0.05) is 42.0 Å². The zero-order chi connectivity index (χ0) is 15.6. The molecule has 1 aromatic heterocycles. The van der Waals surface area contributed by atoms with Crippen LogP contribution in [0.15, 0.2) is 48.5 Å². The van der Waals surface area contributed by atoms with Crippen molar-refractivity contribution in [1.82, 2.24) is 14.9 Å². The number of aromatic nitrogens is 2. The summed E-state index contributed by atoms with van der Waals surface area (Å²) in [5, 5.41) is 3.46. The normalized spacial score (nSPS) is 16.0. The van der Waals surface area contributed by atoms with Crippen LogP contribution >= 0.6 is 0 Å². The van der Waals surface area contributed by atoms with Crippen molar-refractivity contribution in [3.8, 4) is 11.4 Å². The van der Waals surface area contributed by atoms with Crippen molar-refractivity contribution in [1.29, 1.82) is 0 Å². The molecule has 3 nitrogen and oxygen atoms in total. The Balaban J connectivity index is 1.79. The van der Waals surface area contributed by atoms with E-state index in [9.17, 15) is 0 Å². The van der Waals surface area contributed by atoms with E-state index in [1.165, 1.54) is 29.5 Å². The summed E-state index contributed by atoms with van der Waals surface area (Å²) in [6, 6.07) is 17.2. The van der Waals surface area contributed by atoms with Crippen LogP contribution < -0.4 is 5.32 Å². The fourth-order valence-electron chi connectivity index (χ4n) is 3.51. The minimum atomic E-state index is 0.734. The molecule has 1 aliphatic rings. The topological polar surface area (TPSA) is 29.9 Å². The average molecular weight is 305 g/mol. The summed E-state index contributed by atoms with van der Waals surface area (Å²) in [5.74, 6) is 1.84. The highest BCUT2D eigenvalue weighted by atomic mass is 15.1. The maximum atomic E-state index is 4.93. The molecule has 0 amide bonds. The Kier molecular flexibility index (Phi) is 3.88. The van der Waals surface area contributed by atoms with Crippen molar-refractivity contribution in [2.75, 3.05) is 13.1 Å². The van der Waals surface area contributed by atoms with E-state index in [1.54, 1.807) is 0 Å². The first-order chi connectivity index (χ1) is 11.3. The average Bonchev–Trinajstić information content (AvgIpc) is 2.95. The first-order valence-corrected chi connectivity index (χ1v) is 8.54. The van der Waals surface area contributed by atoms with Gasteiger partial charge in [-0.05, 0) is 50.9 Å². The van der Waals surface area contributed by atoms with Gasteiger partial charge in [0.2, 0.25) is 0 Å². The minimum absolute atomic E-state index is 0.734. The van der Waals surface area contributed by atoms with Crippen molar-refractivity contribution in [2.45, 2.75) is 26.3 Å². The number of aryl methyl sites for hydroxylation is 1. The second kappa shape index (κ2) is 6.17. The van der Waals surface area contributed by atoms with E-state index >= 15 is 0 Å². The predicted molar refractivity (Wildman–Crippen MR) is 95.5 cm³/mol. The Hall–Kier alpha value is -2.13. The highest BCUT2D eigenvalue weighted by Crippen LogP contribution is 2.27. The van der Waals surface area contributed by atoms with Gasteiger partial charge in [-0.3, -0.25) is 0 Å². The lowest BCUT2D eigenvalue weighted by atomic mass is 9.98. The molecular weight excluding hydrogens is 282 g/mol. The standard InChI is InChI=1S/C20H23N3/c1-15-6-8-17(9-7-15)20-22-18-4-2-3-5-19(18)23(20)14-16-10-12-21-13-11-16/h2-9,16,21H,10-14H2,1H3. The van der Waals surface area contributed by atoms with Gasteiger partial charge in [0.05, 0.1) is 11.0 Å². The van der Waals surface area contributed by atoms with Crippen LogP contribution in [0.4, 0.5) is 0 Å². The summed E-state index contributed by atoms with van der Waals surface area (Å²) in [6.07, 6.45) is 2.50. The molecule has 0 atom stereocenters. The van der Waals surface area contributed by atoms with Gasteiger partial charge in [0.25, 0.3) is 0 Å². The Bertz CT molecular complexity index is 795. The molecular formula is C20H23N3. The second-order valence-corrected chi connectivity index (χ2v) is 6.59. The largest absolute Gasteiger partial charge is 0.324 e. The third kappa shape index (κ3) is 2.89. The number of nitrogens with one attached hydrogen (secondary N) is 1. The number of rotatable bonds is 3. The minimum Gasteiger partial charge on any atom is -0.324 e. The van der Waals surface area contributed by atoms with E-state index in [1.807, 2.05) is 0 Å². The lowest BCUT2D eigenvalue weighted by Gasteiger charge is -2.24. The van der Waals surface area contributed by atoms with Crippen LogP contribution in [0.1, 0.15) is 18.4 Å². The van der Waals surface area contributed by atoms with Gasteiger partial charge < -0.3 is 9.88 Å². The fraction of sp³-hybridized carbons (Fsp3) is 0.350. The lowest BCUT2D eigenvalue weighted by Crippen LogP contribution is -2.30. The Morgan fingerprint density at radius 3 is 2.57 bits per heavy atom. The monoisotopic (exact) mass is 305 g/mol. The van der Waals surface area contributed by atoms with Gasteiger partial charge in [-0.2, -0.15) is 0 Å². The molecule has 118 valence electrons. The molecule has 4 rings (SSSR count). The zero-order valence-corrected chi connectivity index (χ0v) is 13.6. The maximum Gasteiger partial charge on any atom is 0.141 e. The zero-order valence-electron chi connectivity index (χ0n) is 13.6. The number of para-hydroxylation sites is 2. The van der Waals surface area contributed by atoms with Gasteiger partial charge in [-0.15, -0.1) is 0 Å². The summed E-state index contributed by atoms with van der Waals surface area (Å²) in [5.41, 5.74) is 4.84. The van der Waals surface area contributed by atoms with Crippen molar-refractivity contribution in [3.63, 3.8) is 0 Å². The van der Waals surface area contributed by atoms with Gasteiger partial charge in [0.15, 0.2) is 0 Å². The molecule has 1 N–H and O–H groups in total. The van der Waals surface area contributed by atoms with Gasteiger partial charge in [0, 0.05) is 12.1 Å².